The Hall–Kier alpha value is -6.17. The smallest absolute Gasteiger partial charge is 0.407 e. The Morgan fingerprint density at radius 3 is 1.43 bits per heavy atom. The predicted octanol–water partition coefficient (Wildman–Crippen LogP) is 8.06. The van der Waals surface area contributed by atoms with Crippen LogP contribution in [0.1, 0.15) is 89.4 Å². The summed E-state index contributed by atoms with van der Waals surface area (Å²) in [6.07, 6.45) is 2.39. The van der Waals surface area contributed by atoms with Crippen molar-refractivity contribution in [2.45, 2.75) is 128 Å². The second-order valence-corrected chi connectivity index (χ2v) is 25.9. The Balaban J connectivity index is 1.09. The van der Waals surface area contributed by atoms with Crippen molar-refractivity contribution >= 4 is 66.6 Å². The van der Waals surface area contributed by atoms with Gasteiger partial charge in [0, 0.05) is 43.2 Å². The third-order valence-corrected chi connectivity index (χ3v) is 17.8. The zero-order chi connectivity index (χ0) is 50.4. The molecule has 3 aromatic rings. The van der Waals surface area contributed by atoms with Gasteiger partial charge in [0.2, 0.25) is 23.6 Å². The van der Waals surface area contributed by atoms with Crippen LogP contribution in [0.25, 0.3) is 0 Å². The van der Waals surface area contributed by atoms with E-state index in [2.05, 4.69) is 44.2 Å². The number of benzene rings is 3. The molecule has 3 aromatic carbocycles. The fraction of sp³-hybridized carbons (Fsp3) is 0.538. The number of methoxy groups -OCH3 is 2. The Morgan fingerprint density at radius 1 is 0.614 bits per heavy atom. The lowest BCUT2D eigenvalue weighted by molar-refractivity contribution is -0.139. The molecule has 16 nitrogen and oxygen atoms in total. The van der Waals surface area contributed by atoms with Crippen molar-refractivity contribution in [2.24, 2.45) is 11.8 Å². The minimum atomic E-state index is -1.28. The van der Waals surface area contributed by atoms with Gasteiger partial charge in [-0.05, 0) is 116 Å². The molecule has 4 fully saturated rings. The highest BCUT2D eigenvalue weighted by Gasteiger charge is 2.41. The van der Waals surface area contributed by atoms with Gasteiger partial charge in [-0.3, -0.25) is 19.2 Å². The van der Waals surface area contributed by atoms with E-state index < -0.39 is 44.4 Å². The predicted molar refractivity (Wildman–Crippen MR) is 271 cm³/mol. The number of amides is 6. The summed E-state index contributed by atoms with van der Waals surface area (Å²) in [6, 6.07) is 19.8. The van der Waals surface area contributed by atoms with E-state index in [0.29, 0.717) is 55.8 Å². The van der Waals surface area contributed by atoms with E-state index in [4.69, 9.17) is 9.47 Å². The third-order valence-electron chi connectivity index (χ3n) is 14.7. The average Bonchev–Trinajstić information content (AvgIpc) is 4.14. The number of anilines is 4. The molecule has 0 bridgehead atoms. The zero-order valence-electron chi connectivity index (χ0n) is 41.9. The lowest BCUT2D eigenvalue weighted by atomic mass is 10.0. The van der Waals surface area contributed by atoms with Crippen LogP contribution in [0.15, 0.2) is 66.7 Å². The minimum absolute atomic E-state index is 0.145. The fourth-order valence-electron chi connectivity index (χ4n) is 10.5. The van der Waals surface area contributed by atoms with Crippen molar-refractivity contribution in [3.05, 3.63) is 83.7 Å². The monoisotopic (exact) mass is 983 g/mol. The SMILES string of the molecule is COC(=O)N[C@H](C(=O)N1CCC[C@H]1C(=O)Nc1ccc([C@@H]2CC[C@@H](c3ccc(NC(=O)[C@@H]4CCCN4C(=O)[C@@H](NC(=O)OC)C(C)C)cc3)N2c2ccc(N3CC[Si](C)(C)CC3)c(F)c2)cc1)C(C)C. The highest BCUT2D eigenvalue weighted by Crippen LogP contribution is 2.48. The van der Waals surface area contributed by atoms with Gasteiger partial charge < -0.3 is 50.3 Å². The maximum atomic E-state index is 16.4. The van der Waals surface area contributed by atoms with Crippen LogP contribution >= 0.6 is 0 Å². The second kappa shape index (κ2) is 22.3. The van der Waals surface area contributed by atoms with E-state index in [1.807, 2.05) is 88.4 Å². The third kappa shape index (κ3) is 11.7. The number of carbonyl (C=O) groups is 6. The summed E-state index contributed by atoms with van der Waals surface area (Å²) >= 11 is 0. The van der Waals surface area contributed by atoms with Crippen LogP contribution in [-0.2, 0) is 28.7 Å². The number of nitrogens with one attached hydrogen (secondary N) is 4. The van der Waals surface area contributed by atoms with Crippen LogP contribution in [0.3, 0.4) is 0 Å². The topological polar surface area (TPSA) is 182 Å². The van der Waals surface area contributed by atoms with Gasteiger partial charge >= 0.3 is 12.2 Å². The molecule has 4 heterocycles. The summed E-state index contributed by atoms with van der Waals surface area (Å²) in [5.41, 5.74) is 4.48. The number of hydrogen-bond acceptors (Lipinski definition) is 10. The minimum Gasteiger partial charge on any atom is -0.453 e. The molecule has 4 aliphatic rings. The van der Waals surface area contributed by atoms with Crippen LogP contribution in [0.4, 0.5) is 36.7 Å². The van der Waals surface area contributed by atoms with Crippen molar-refractivity contribution in [1.29, 1.82) is 0 Å². The number of ether oxygens (including phenoxy) is 2. The Bertz CT molecular complexity index is 2250. The van der Waals surface area contributed by atoms with Gasteiger partial charge in [0.15, 0.2) is 0 Å². The molecule has 0 radical (unpaired) electrons. The summed E-state index contributed by atoms with van der Waals surface area (Å²) in [5.74, 6) is -1.98. The van der Waals surface area contributed by atoms with Gasteiger partial charge in [-0.2, -0.15) is 0 Å². The maximum Gasteiger partial charge on any atom is 0.407 e. The van der Waals surface area contributed by atoms with Gasteiger partial charge in [-0.1, -0.05) is 65.1 Å². The van der Waals surface area contributed by atoms with Gasteiger partial charge in [0.25, 0.3) is 0 Å². The van der Waals surface area contributed by atoms with Crippen LogP contribution in [0, 0.1) is 17.7 Å². The molecule has 4 aliphatic heterocycles. The molecule has 6 atom stereocenters. The molecular formula is C52H71FN8O8Si. The highest BCUT2D eigenvalue weighted by molar-refractivity contribution is 6.77. The van der Waals surface area contributed by atoms with Crippen molar-refractivity contribution in [3.8, 4) is 0 Å². The summed E-state index contributed by atoms with van der Waals surface area (Å²) in [6.45, 7) is 14.6. The summed E-state index contributed by atoms with van der Waals surface area (Å²) in [5, 5.41) is 11.3. The number of carbonyl (C=O) groups excluding carboxylic acids is 6. The van der Waals surface area contributed by atoms with Crippen molar-refractivity contribution in [1.82, 2.24) is 20.4 Å². The standard InChI is InChI=1S/C52H71FN8O8Si/c1-32(2)45(56-51(66)68-5)49(64)59-25-9-11-43(59)47(62)54-36-17-13-34(14-18-36)40-23-24-41(61(40)38-21-22-42(39(53)31-38)58-27-29-70(7,8)30-28-58)35-15-19-37(20-16-35)55-48(63)44-12-10-26-60(44)50(65)46(33(3)4)57-52(67)69-6/h13-22,31-33,40-41,43-46H,9-12,23-30H2,1-8H3,(H,54,62)(H,55,63)(H,56,66)(H,57,67)/t40-,41-,43-,44-,45-,46-/m0/s1. The Kier molecular flexibility index (Phi) is 16.4. The molecule has 0 unspecified atom stereocenters. The molecule has 0 saturated carbocycles. The van der Waals surface area contributed by atoms with Gasteiger partial charge in [0.05, 0.1) is 40.1 Å². The van der Waals surface area contributed by atoms with Crippen LogP contribution in [0.2, 0.25) is 25.2 Å². The van der Waals surface area contributed by atoms with Crippen molar-refractivity contribution < 1.29 is 42.6 Å². The molecule has 4 N–H and O–H groups in total. The van der Waals surface area contributed by atoms with Crippen LogP contribution < -0.4 is 31.1 Å². The fourth-order valence-corrected chi connectivity index (χ4v) is 12.5. The molecule has 70 heavy (non-hydrogen) atoms. The number of nitrogens with zero attached hydrogens (tertiary/aromatic N) is 4. The lowest BCUT2D eigenvalue weighted by Gasteiger charge is -2.38. The van der Waals surface area contributed by atoms with E-state index in [1.165, 1.54) is 14.2 Å². The molecule has 7 rings (SSSR count). The summed E-state index contributed by atoms with van der Waals surface area (Å²) in [7, 11) is 1.21. The van der Waals surface area contributed by atoms with Gasteiger partial charge in [-0.25, -0.2) is 14.0 Å². The molecule has 18 heteroatoms. The Morgan fingerprint density at radius 2 is 1.04 bits per heavy atom. The van der Waals surface area contributed by atoms with E-state index in [9.17, 15) is 28.8 Å². The normalized spacial score (nSPS) is 21.9. The van der Waals surface area contributed by atoms with E-state index in [0.717, 1.165) is 54.8 Å². The van der Waals surface area contributed by atoms with Crippen LogP contribution in [0.5, 0.6) is 0 Å². The van der Waals surface area contributed by atoms with Crippen molar-refractivity contribution in [3.63, 3.8) is 0 Å². The number of halogens is 1. The molecule has 0 aliphatic carbocycles. The van der Waals surface area contributed by atoms with E-state index in [-0.39, 0.29) is 53.4 Å². The largest absolute Gasteiger partial charge is 0.453 e. The number of rotatable bonds is 14. The second-order valence-electron chi connectivity index (χ2n) is 20.6. The number of hydrogen-bond donors (Lipinski definition) is 4. The van der Waals surface area contributed by atoms with Gasteiger partial charge in [0.1, 0.15) is 30.0 Å². The first-order chi connectivity index (χ1) is 33.4. The van der Waals surface area contributed by atoms with Crippen molar-refractivity contribution in [2.75, 3.05) is 60.8 Å². The first-order valence-electron chi connectivity index (χ1n) is 24.8. The molecule has 0 aromatic heterocycles. The zero-order valence-corrected chi connectivity index (χ0v) is 42.9. The van der Waals surface area contributed by atoms with Crippen LogP contribution in [-0.4, -0.2) is 118 Å². The number of alkyl carbamates (subject to hydrolysis) is 2. The average molecular weight is 983 g/mol. The molecule has 4 saturated heterocycles. The molecular weight excluding hydrogens is 912 g/mol. The summed E-state index contributed by atoms with van der Waals surface area (Å²) in [4.78, 5) is 86.4. The maximum absolute atomic E-state index is 16.4. The molecule has 378 valence electrons. The quantitative estimate of drug-likeness (QED) is 0.115. The van der Waals surface area contributed by atoms with E-state index >= 15 is 4.39 Å². The molecule has 6 amide bonds. The first-order valence-corrected chi connectivity index (χ1v) is 28.3. The van der Waals surface area contributed by atoms with Gasteiger partial charge in [-0.15, -0.1) is 0 Å². The Labute approximate surface area is 412 Å². The molecule has 0 spiro atoms. The number of likely N-dealkylation sites (tertiary alicyclic amines) is 2. The van der Waals surface area contributed by atoms with E-state index in [1.54, 1.807) is 15.9 Å². The lowest BCUT2D eigenvalue weighted by Crippen LogP contribution is -2.54. The first kappa shape index (κ1) is 51.7. The summed E-state index contributed by atoms with van der Waals surface area (Å²) < 4.78 is 25.9. The highest BCUT2D eigenvalue weighted by atomic mass is 28.3.